The van der Waals surface area contributed by atoms with Gasteiger partial charge < -0.3 is 0 Å². The van der Waals surface area contributed by atoms with Crippen molar-refractivity contribution in [1.82, 2.24) is 14.3 Å². The van der Waals surface area contributed by atoms with E-state index >= 15 is 0 Å². The Morgan fingerprint density at radius 2 is 2.03 bits per heavy atom. The Bertz CT molecular complexity index is 1390. The highest BCUT2D eigenvalue weighted by Gasteiger charge is 2.42. The molecule has 4 aromatic rings. The van der Waals surface area contributed by atoms with Gasteiger partial charge in [-0.25, -0.2) is 13.4 Å². The summed E-state index contributed by atoms with van der Waals surface area (Å²) in [6, 6.07) is 10.4. The molecule has 4 heterocycles. The molecule has 1 atom stereocenters. The zero-order chi connectivity index (χ0) is 23.9. The van der Waals surface area contributed by atoms with Crippen molar-refractivity contribution in [3.8, 4) is 0 Å². The van der Waals surface area contributed by atoms with Gasteiger partial charge in [-0.05, 0) is 73.0 Å². The van der Waals surface area contributed by atoms with Gasteiger partial charge in [0.05, 0.1) is 16.8 Å². The van der Waals surface area contributed by atoms with Crippen LogP contribution in [-0.4, -0.2) is 41.2 Å². The minimum Gasteiger partial charge on any atom is -0.282 e. The summed E-state index contributed by atoms with van der Waals surface area (Å²) in [5.74, 6) is -0.256. The van der Waals surface area contributed by atoms with Crippen LogP contribution in [0.4, 0.5) is 5.13 Å². The van der Waals surface area contributed by atoms with E-state index in [0.29, 0.717) is 24.5 Å². The Labute approximate surface area is 206 Å². The standard InChI is InChI=1S/C24H24N4O3S3/c1-16-12-19-21(13-17(16)2)33-24(26-19)27(15-18-6-3-9-25-14-18)23(29)20-7-4-10-28(20)34(30,31)22-8-5-11-32-22/h3,5-6,8-9,11-14,20H,4,7,10,15H2,1-2H3/t20-/m0/s1. The molecule has 0 bridgehead atoms. The molecule has 1 aliphatic heterocycles. The van der Waals surface area contributed by atoms with Crippen LogP contribution in [0.15, 0.2) is 58.4 Å². The Morgan fingerprint density at radius 1 is 1.21 bits per heavy atom. The average Bonchev–Trinajstić information content (AvgIpc) is 3.59. The third-order valence-corrected chi connectivity index (χ3v) is 10.4. The van der Waals surface area contributed by atoms with E-state index in [1.54, 1.807) is 34.8 Å². The van der Waals surface area contributed by atoms with Crippen LogP contribution in [0.2, 0.25) is 0 Å². The summed E-state index contributed by atoms with van der Waals surface area (Å²) in [5, 5.41) is 2.30. The summed E-state index contributed by atoms with van der Waals surface area (Å²) >= 11 is 2.62. The van der Waals surface area contributed by atoms with Crippen LogP contribution < -0.4 is 4.90 Å². The van der Waals surface area contributed by atoms with Gasteiger partial charge in [0.2, 0.25) is 5.91 Å². The monoisotopic (exact) mass is 512 g/mol. The Kier molecular flexibility index (Phi) is 6.24. The number of anilines is 1. The Hall–Kier alpha value is -2.66. The van der Waals surface area contributed by atoms with E-state index in [1.807, 2.05) is 25.1 Å². The molecule has 0 saturated carbocycles. The molecule has 0 radical (unpaired) electrons. The van der Waals surface area contributed by atoms with E-state index < -0.39 is 16.1 Å². The van der Waals surface area contributed by atoms with E-state index in [-0.39, 0.29) is 16.7 Å². The van der Waals surface area contributed by atoms with Gasteiger partial charge in [-0.3, -0.25) is 14.7 Å². The molecule has 0 aliphatic carbocycles. The molecule has 7 nitrogen and oxygen atoms in total. The topological polar surface area (TPSA) is 83.5 Å². The number of thiophene rings is 1. The van der Waals surface area contributed by atoms with Crippen molar-refractivity contribution in [3.05, 3.63) is 70.9 Å². The van der Waals surface area contributed by atoms with Gasteiger partial charge in [-0.2, -0.15) is 4.31 Å². The lowest BCUT2D eigenvalue weighted by molar-refractivity contribution is -0.121. The number of carbonyl (C=O) groups is 1. The maximum atomic E-state index is 14.0. The third kappa shape index (κ3) is 4.26. The van der Waals surface area contributed by atoms with Gasteiger partial charge in [-0.15, -0.1) is 11.3 Å². The third-order valence-electron chi connectivity index (χ3n) is 6.10. The number of carbonyl (C=O) groups excluding carboxylic acids is 1. The molecule has 0 spiro atoms. The van der Waals surface area contributed by atoms with Gasteiger partial charge in [0.25, 0.3) is 10.0 Å². The highest BCUT2D eigenvalue weighted by Crippen LogP contribution is 2.35. The van der Waals surface area contributed by atoms with Gasteiger partial charge in [0, 0.05) is 18.9 Å². The van der Waals surface area contributed by atoms with E-state index in [4.69, 9.17) is 4.98 Å². The second kappa shape index (κ2) is 9.18. The summed E-state index contributed by atoms with van der Waals surface area (Å²) in [6.45, 7) is 4.69. The summed E-state index contributed by atoms with van der Waals surface area (Å²) in [7, 11) is -3.74. The lowest BCUT2D eigenvalue weighted by atomic mass is 10.1. The average molecular weight is 513 g/mol. The highest BCUT2D eigenvalue weighted by molar-refractivity contribution is 7.91. The van der Waals surface area contributed by atoms with Crippen molar-refractivity contribution in [2.75, 3.05) is 11.4 Å². The number of aryl methyl sites for hydroxylation is 2. The number of pyridine rings is 1. The van der Waals surface area contributed by atoms with Crippen molar-refractivity contribution < 1.29 is 13.2 Å². The molecule has 1 amide bonds. The number of amides is 1. The molecular weight excluding hydrogens is 488 g/mol. The molecule has 5 rings (SSSR count). The van der Waals surface area contributed by atoms with Crippen molar-refractivity contribution >= 4 is 54.0 Å². The van der Waals surface area contributed by atoms with Crippen LogP contribution in [0.3, 0.4) is 0 Å². The predicted molar refractivity (Wildman–Crippen MR) is 136 cm³/mol. The number of thiazole rings is 1. The fourth-order valence-electron chi connectivity index (χ4n) is 4.18. The maximum absolute atomic E-state index is 14.0. The number of hydrogen-bond donors (Lipinski definition) is 0. The van der Waals surface area contributed by atoms with Gasteiger partial charge in [0.15, 0.2) is 5.13 Å². The molecule has 3 aromatic heterocycles. The number of fused-ring (bicyclic) bond motifs is 1. The SMILES string of the molecule is Cc1cc2nc(N(Cc3cccnc3)C(=O)[C@@H]3CCCN3S(=O)(=O)c3cccs3)sc2cc1C. The predicted octanol–water partition coefficient (Wildman–Crippen LogP) is 4.76. The van der Waals surface area contributed by atoms with E-state index in [9.17, 15) is 13.2 Å². The second-order valence-corrected chi connectivity index (χ2v) is 12.5. The second-order valence-electron chi connectivity index (χ2n) is 8.39. The van der Waals surface area contributed by atoms with Crippen molar-refractivity contribution in [2.24, 2.45) is 0 Å². The first-order valence-electron chi connectivity index (χ1n) is 11.0. The largest absolute Gasteiger partial charge is 0.282 e. The minimum atomic E-state index is -3.74. The quantitative estimate of drug-likeness (QED) is 0.372. The molecule has 1 saturated heterocycles. The van der Waals surface area contributed by atoms with Crippen LogP contribution in [0, 0.1) is 13.8 Å². The first kappa shape index (κ1) is 23.1. The maximum Gasteiger partial charge on any atom is 0.253 e. The zero-order valence-electron chi connectivity index (χ0n) is 18.8. The summed E-state index contributed by atoms with van der Waals surface area (Å²) in [4.78, 5) is 24.5. The normalized spacial score (nSPS) is 16.8. The van der Waals surface area contributed by atoms with E-state index in [2.05, 4.69) is 18.0 Å². The van der Waals surface area contributed by atoms with Gasteiger partial charge >= 0.3 is 0 Å². The van der Waals surface area contributed by atoms with Crippen LogP contribution >= 0.6 is 22.7 Å². The molecule has 0 unspecified atom stereocenters. The van der Waals surface area contributed by atoms with Crippen LogP contribution in [-0.2, 0) is 21.4 Å². The number of aromatic nitrogens is 2. The Balaban J connectivity index is 1.54. The molecule has 10 heteroatoms. The fourth-order valence-corrected chi connectivity index (χ4v) is 8.00. The van der Waals surface area contributed by atoms with Gasteiger partial charge in [-0.1, -0.05) is 23.5 Å². The van der Waals surface area contributed by atoms with Crippen molar-refractivity contribution in [1.29, 1.82) is 0 Å². The number of hydrogen-bond acceptors (Lipinski definition) is 7. The Morgan fingerprint density at radius 3 is 2.76 bits per heavy atom. The smallest absolute Gasteiger partial charge is 0.253 e. The molecular formula is C24H24N4O3S3. The summed E-state index contributed by atoms with van der Waals surface area (Å²) < 4.78 is 29.2. The zero-order valence-corrected chi connectivity index (χ0v) is 21.3. The molecule has 1 aliphatic rings. The van der Waals surface area contributed by atoms with E-state index in [0.717, 1.165) is 26.9 Å². The van der Waals surface area contributed by atoms with E-state index in [1.165, 1.54) is 27.0 Å². The minimum absolute atomic E-state index is 0.256. The molecule has 1 fully saturated rings. The highest BCUT2D eigenvalue weighted by atomic mass is 32.2. The number of benzene rings is 1. The number of nitrogens with zero attached hydrogens (tertiary/aromatic N) is 4. The fraction of sp³-hybridized carbons (Fsp3) is 0.292. The molecule has 34 heavy (non-hydrogen) atoms. The van der Waals surface area contributed by atoms with Crippen LogP contribution in [0.1, 0.15) is 29.5 Å². The van der Waals surface area contributed by atoms with Crippen LogP contribution in [0.25, 0.3) is 10.2 Å². The summed E-state index contributed by atoms with van der Waals surface area (Å²) in [5.41, 5.74) is 3.99. The first-order chi connectivity index (χ1) is 16.3. The molecule has 176 valence electrons. The lowest BCUT2D eigenvalue weighted by Crippen LogP contribution is -2.47. The van der Waals surface area contributed by atoms with Crippen molar-refractivity contribution in [2.45, 2.75) is 43.5 Å². The molecule has 1 aromatic carbocycles. The van der Waals surface area contributed by atoms with Crippen LogP contribution in [0.5, 0.6) is 0 Å². The summed E-state index contributed by atoms with van der Waals surface area (Å²) in [6.07, 6.45) is 4.53. The van der Waals surface area contributed by atoms with Crippen molar-refractivity contribution in [3.63, 3.8) is 0 Å². The number of sulfonamides is 1. The lowest BCUT2D eigenvalue weighted by Gasteiger charge is -2.28. The number of rotatable bonds is 6. The first-order valence-corrected chi connectivity index (χ1v) is 14.1. The molecule has 0 N–H and O–H groups in total. The van der Waals surface area contributed by atoms with Gasteiger partial charge in [0.1, 0.15) is 10.3 Å².